The van der Waals surface area contributed by atoms with Gasteiger partial charge in [-0.2, -0.15) is 0 Å². The Hall–Kier alpha value is -2.08. The molecule has 3 amide bonds. The minimum atomic E-state index is -0.474. The Morgan fingerprint density at radius 2 is 1.84 bits per heavy atom. The topological polar surface area (TPSA) is 53.1 Å². The maximum Gasteiger partial charge on any atom is 0.320 e. The van der Waals surface area contributed by atoms with Crippen LogP contribution >= 0.6 is 0 Å². The monoisotopic (exact) mass is 343 g/mol. The molecule has 6 heteroatoms. The number of urea groups is 1. The van der Waals surface area contributed by atoms with Crippen LogP contribution in [-0.2, 0) is 9.53 Å². The van der Waals surface area contributed by atoms with Crippen molar-refractivity contribution in [2.45, 2.75) is 12.3 Å². The Morgan fingerprint density at radius 1 is 1.12 bits per heavy atom. The zero-order valence-corrected chi connectivity index (χ0v) is 14.7. The lowest BCUT2D eigenvalue weighted by Crippen LogP contribution is -2.48. The normalized spacial score (nSPS) is 29.7. The summed E-state index contributed by atoms with van der Waals surface area (Å²) in [6.07, 6.45) is 0.742. The van der Waals surface area contributed by atoms with Gasteiger partial charge in [0.15, 0.2) is 0 Å². The molecule has 4 rings (SSSR count). The lowest BCUT2D eigenvalue weighted by Gasteiger charge is -2.33. The molecule has 1 aromatic carbocycles. The molecule has 3 saturated heterocycles. The van der Waals surface area contributed by atoms with Crippen molar-refractivity contribution >= 4 is 11.9 Å². The lowest BCUT2D eigenvalue weighted by molar-refractivity contribution is -0.134. The van der Waals surface area contributed by atoms with Crippen molar-refractivity contribution in [2.24, 2.45) is 5.41 Å². The number of ether oxygens (including phenoxy) is 1. The lowest BCUT2D eigenvalue weighted by atomic mass is 9.73. The second kappa shape index (κ2) is 6.33. The van der Waals surface area contributed by atoms with Crippen LogP contribution in [0.4, 0.5) is 4.79 Å². The molecule has 25 heavy (non-hydrogen) atoms. The molecule has 2 atom stereocenters. The van der Waals surface area contributed by atoms with Gasteiger partial charge < -0.3 is 19.4 Å². The first-order chi connectivity index (χ1) is 12.1. The van der Waals surface area contributed by atoms with Gasteiger partial charge in [0.05, 0.1) is 18.6 Å². The molecule has 134 valence electrons. The molecule has 1 aromatic rings. The summed E-state index contributed by atoms with van der Waals surface area (Å²) >= 11 is 0. The van der Waals surface area contributed by atoms with E-state index in [0.29, 0.717) is 39.4 Å². The molecule has 0 bridgehead atoms. The molecule has 0 aliphatic carbocycles. The van der Waals surface area contributed by atoms with Crippen LogP contribution in [0.2, 0.25) is 0 Å². The van der Waals surface area contributed by atoms with Crippen LogP contribution in [0.5, 0.6) is 0 Å². The number of likely N-dealkylation sites (N-methyl/N-ethyl adjacent to an activating group) is 1. The number of rotatable bonds is 1. The fourth-order valence-corrected chi connectivity index (χ4v) is 4.58. The Balaban J connectivity index is 1.57. The van der Waals surface area contributed by atoms with Crippen LogP contribution in [0.1, 0.15) is 17.9 Å². The van der Waals surface area contributed by atoms with Crippen molar-refractivity contribution < 1.29 is 14.3 Å². The molecule has 6 nitrogen and oxygen atoms in total. The molecule has 3 fully saturated rings. The molecule has 0 saturated carbocycles. The highest BCUT2D eigenvalue weighted by Gasteiger charge is 2.57. The molecule has 3 aliphatic rings. The minimum absolute atomic E-state index is 0.0503. The number of nitrogens with zero attached hydrogens (tertiary/aromatic N) is 3. The first-order valence-corrected chi connectivity index (χ1v) is 9.04. The third-order valence-electron chi connectivity index (χ3n) is 5.95. The van der Waals surface area contributed by atoms with Crippen LogP contribution < -0.4 is 0 Å². The van der Waals surface area contributed by atoms with Gasteiger partial charge in [0.1, 0.15) is 0 Å². The minimum Gasteiger partial charge on any atom is -0.378 e. The summed E-state index contributed by atoms with van der Waals surface area (Å²) in [5.41, 5.74) is 0.721. The average molecular weight is 343 g/mol. The Kier molecular flexibility index (Phi) is 4.15. The summed E-state index contributed by atoms with van der Waals surface area (Å²) in [4.78, 5) is 31.4. The fraction of sp³-hybridized carbons (Fsp3) is 0.579. The summed E-state index contributed by atoms with van der Waals surface area (Å²) in [6.45, 7) is 4.36. The van der Waals surface area contributed by atoms with Crippen molar-refractivity contribution in [2.75, 3.05) is 53.0 Å². The average Bonchev–Trinajstić information content (AvgIpc) is 3.21. The summed E-state index contributed by atoms with van der Waals surface area (Å²) in [5, 5.41) is 0. The largest absolute Gasteiger partial charge is 0.378 e. The predicted molar refractivity (Wildman–Crippen MR) is 93.2 cm³/mol. The van der Waals surface area contributed by atoms with Crippen LogP contribution in [0.15, 0.2) is 30.3 Å². The maximum absolute atomic E-state index is 13.0. The van der Waals surface area contributed by atoms with Gasteiger partial charge in [-0.15, -0.1) is 0 Å². The number of amides is 3. The Bertz CT molecular complexity index is 659. The van der Waals surface area contributed by atoms with Gasteiger partial charge in [0, 0.05) is 45.7 Å². The zero-order chi connectivity index (χ0) is 17.4. The number of hydrogen-bond donors (Lipinski definition) is 0. The van der Waals surface area contributed by atoms with E-state index in [9.17, 15) is 9.59 Å². The highest BCUT2D eigenvalue weighted by atomic mass is 16.5. The van der Waals surface area contributed by atoms with Crippen molar-refractivity contribution in [3.8, 4) is 0 Å². The van der Waals surface area contributed by atoms with Gasteiger partial charge in [-0.3, -0.25) is 4.79 Å². The van der Waals surface area contributed by atoms with E-state index in [2.05, 4.69) is 12.1 Å². The fourth-order valence-electron chi connectivity index (χ4n) is 4.58. The van der Waals surface area contributed by atoms with E-state index < -0.39 is 5.41 Å². The molecular formula is C19H25N3O3. The molecule has 0 unspecified atom stereocenters. The molecule has 3 heterocycles. The molecule has 3 aliphatic heterocycles. The van der Waals surface area contributed by atoms with E-state index in [-0.39, 0.29) is 17.9 Å². The first-order valence-electron chi connectivity index (χ1n) is 9.04. The van der Waals surface area contributed by atoms with Gasteiger partial charge in [0.2, 0.25) is 5.91 Å². The number of benzene rings is 1. The SMILES string of the molecule is CN1C[C@H](c2ccccc2)[C@]2(CCN(C(=O)N3CCOCC3)C2)C1=O. The van der Waals surface area contributed by atoms with E-state index >= 15 is 0 Å². The van der Waals surface area contributed by atoms with Crippen LogP contribution in [-0.4, -0.2) is 79.6 Å². The quantitative estimate of drug-likeness (QED) is 0.774. The summed E-state index contributed by atoms with van der Waals surface area (Å²) in [5.74, 6) is 0.326. The summed E-state index contributed by atoms with van der Waals surface area (Å²) in [6, 6.07) is 10.3. The molecule has 0 radical (unpaired) electrons. The highest BCUT2D eigenvalue weighted by molar-refractivity contribution is 5.88. The van der Waals surface area contributed by atoms with Gasteiger partial charge in [-0.1, -0.05) is 30.3 Å². The molecule has 1 spiro atoms. The Labute approximate surface area is 148 Å². The smallest absolute Gasteiger partial charge is 0.320 e. The number of hydrogen-bond acceptors (Lipinski definition) is 3. The predicted octanol–water partition coefficient (Wildman–Crippen LogP) is 1.39. The number of carbonyl (C=O) groups is 2. The second-order valence-electron chi connectivity index (χ2n) is 7.36. The van der Waals surface area contributed by atoms with Gasteiger partial charge >= 0.3 is 6.03 Å². The van der Waals surface area contributed by atoms with Crippen molar-refractivity contribution in [3.05, 3.63) is 35.9 Å². The third-order valence-corrected chi connectivity index (χ3v) is 5.95. The highest BCUT2D eigenvalue weighted by Crippen LogP contribution is 2.49. The van der Waals surface area contributed by atoms with E-state index in [1.54, 1.807) is 0 Å². The molecule has 0 N–H and O–H groups in total. The van der Waals surface area contributed by atoms with Gasteiger partial charge in [0.25, 0.3) is 0 Å². The van der Waals surface area contributed by atoms with Crippen molar-refractivity contribution in [1.29, 1.82) is 0 Å². The standard InChI is InChI=1S/C19H25N3O3/c1-20-13-16(15-5-3-2-4-6-15)19(17(20)23)7-8-22(14-19)18(24)21-9-11-25-12-10-21/h2-6,16H,7-14H2,1H3/t16-,19-/m1/s1. The first kappa shape index (κ1) is 16.4. The maximum atomic E-state index is 13.0. The van der Waals surface area contributed by atoms with Gasteiger partial charge in [-0.25, -0.2) is 4.79 Å². The molecular weight excluding hydrogens is 318 g/mol. The second-order valence-corrected chi connectivity index (χ2v) is 7.36. The number of morpholine rings is 1. The summed E-state index contributed by atoms with van der Waals surface area (Å²) in [7, 11) is 1.87. The van der Waals surface area contributed by atoms with E-state index in [1.807, 2.05) is 39.9 Å². The molecule has 0 aromatic heterocycles. The van der Waals surface area contributed by atoms with E-state index in [4.69, 9.17) is 4.74 Å². The zero-order valence-electron chi connectivity index (χ0n) is 14.7. The third kappa shape index (κ3) is 2.68. The van der Waals surface area contributed by atoms with Crippen LogP contribution in [0, 0.1) is 5.41 Å². The van der Waals surface area contributed by atoms with Crippen LogP contribution in [0.25, 0.3) is 0 Å². The van der Waals surface area contributed by atoms with Gasteiger partial charge in [-0.05, 0) is 12.0 Å². The van der Waals surface area contributed by atoms with Crippen molar-refractivity contribution in [1.82, 2.24) is 14.7 Å². The van der Waals surface area contributed by atoms with Crippen LogP contribution in [0.3, 0.4) is 0 Å². The Morgan fingerprint density at radius 3 is 2.56 bits per heavy atom. The van der Waals surface area contributed by atoms with E-state index in [1.165, 1.54) is 5.56 Å². The summed E-state index contributed by atoms with van der Waals surface area (Å²) < 4.78 is 5.34. The van der Waals surface area contributed by atoms with Crippen molar-refractivity contribution in [3.63, 3.8) is 0 Å². The number of likely N-dealkylation sites (tertiary alicyclic amines) is 2. The van der Waals surface area contributed by atoms with E-state index in [0.717, 1.165) is 13.0 Å². The number of carbonyl (C=O) groups excluding carboxylic acids is 2.